The summed E-state index contributed by atoms with van der Waals surface area (Å²) in [6.45, 7) is 11.1. The second-order valence-corrected chi connectivity index (χ2v) is 11.0. The summed E-state index contributed by atoms with van der Waals surface area (Å²) in [4.78, 5) is 13.8. The molecule has 3 N–H and O–H groups in total. The predicted octanol–water partition coefficient (Wildman–Crippen LogP) is 4.82. The van der Waals surface area contributed by atoms with E-state index < -0.39 is 11.9 Å². The number of aromatic nitrogens is 2. The molecule has 0 bridgehead atoms. The summed E-state index contributed by atoms with van der Waals surface area (Å²) in [5.74, 6) is 1.46. The average Bonchev–Trinajstić information content (AvgIpc) is 2.97. The fourth-order valence-corrected chi connectivity index (χ4v) is 5.75. The Labute approximate surface area is 249 Å². The zero-order valence-electron chi connectivity index (χ0n) is 23.2. The molecule has 0 aliphatic carbocycles. The first-order valence-corrected chi connectivity index (χ1v) is 14.5. The van der Waals surface area contributed by atoms with Crippen LogP contribution in [0.2, 0.25) is 10.0 Å². The lowest BCUT2D eigenvalue weighted by Crippen LogP contribution is -2.50. The van der Waals surface area contributed by atoms with E-state index in [2.05, 4.69) is 27.0 Å². The molecule has 2 unspecified atom stereocenters. The Balaban J connectivity index is 1.43. The third-order valence-corrected chi connectivity index (χ3v) is 8.11. The average molecular weight is 606 g/mol. The number of hydrogen-bond acceptors (Lipinski definition) is 9. The van der Waals surface area contributed by atoms with Crippen molar-refractivity contribution in [2.45, 2.75) is 26.0 Å². The molecule has 9 nitrogen and oxygen atoms in total. The van der Waals surface area contributed by atoms with Crippen LogP contribution in [0.1, 0.15) is 25.5 Å². The summed E-state index contributed by atoms with van der Waals surface area (Å²) in [5.41, 5.74) is 7.99. The van der Waals surface area contributed by atoms with Crippen molar-refractivity contribution in [2.75, 3.05) is 69.7 Å². The summed E-state index contributed by atoms with van der Waals surface area (Å²) < 4.78 is 32.1. The molecule has 2 aromatic heterocycles. The monoisotopic (exact) mass is 604 g/mol. The number of benzene rings is 1. The van der Waals surface area contributed by atoms with E-state index in [-0.39, 0.29) is 10.8 Å². The molecule has 5 rings (SSSR count). The lowest BCUT2D eigenvalue weighted by atomic mass is 10.1. The van der Waals surface area contributed by atoms with Gasteiger partial charge in [-0.25, -0.2) is 14.4 Å². The highest BCUT2D eigenvalue weighted by molar-refractivity contribution is 6.36. The number of nitrogens with two attached hydrogens (primary N) is 1. The smallest absolute Gasteiger partial charge is 0.166 e. The van der Waals surface area contributed by atoms with Gasteiger partial charge in [-0.2, -0.15) is 0 Å². The van der Waals surface area contributed by atoms with Crippen molar-refractivity contribution >= 4 is 34.8 Å². The Morgan fingerprint density at radius 3 is 2.73 bits per heavy atom. The van der Waals surface area contributed by atoms with Crippen LogP contribution in [0.3, 0.4) is 0 Å². The molecular weight excluding hydrogens is 570 g/mol. The second-order valence-electron chi connectivity index (χ2n) is 10.2. The van der Waals surface area contributed by atoms with Gasteiger partial charge >= 0.3 is 0 Å². The molecule has 2 aliphatic rings. The minimum Gasteiger partial charge on any atom is -0.491 e. The normalized spacial score (nSPS) is 18.8. The van der Waals surface area contributed by atoms with Crippen molar-refractivity contribution in [1.29, 1.82) is 0 Å². The van der Waals surface area contributed by atoms with Crippen molar-refractivity contribution in [3.63, 3.8) is 0 Å². The Morgan fingerprint density at radius 2 is 1.95 bits per heavy atom. The van der Waals surface area contributed by atoms with Crippen molar-refractivity contribution in [3.8, 4) is 22.6 Å². The Kier molecular flexibility index (Phi) is 9.67. The minimum atomic E-state index is -0.691. The van der Waals surface area contributed by atoms with Crippen LogP contribution in [0.25, 0.3) is 11.1 Å². The minimum absolute atomic E-state index is 0.0921. The first kappa shape index (κ1) is 29.6. The van der Waals surface area contributed by atoms with Gasteiger partial charge in [0.2, 0.25) is 0 Å². The van der Waals surface area contributed by atoms with Gasteiger partial charge in [-0.15, -0.1) is 0 Å². The van der Waals surface area contributed by atoms with E-state index in [1.807, 2.05) is 6.07 Å². The van der Waals surface area contributed by atoms with E-state index in [0.29, 0.717) is 40.3 Å². The van der Waals surface area contributed by atoms with Crippen LogP contribution in [0.4, 0.5) is 16.0 Å². The summed E-state index contributed by atoms with van der Waals surface area (Å²) in [5, 5.41) is 3.62. The van der Waals surface area contributed by atoms with Gasteiger partial charge in [0.1, 0.15) is 30.1 Å². The van der Waals surface area contributed by atoms with Crippen LogP contribution in [-0.4, -0.2) is 80.0 Å². The molecule has 2 fully saturated rings. The maximum Gasteiger partial charge on any atom is 0.166 e. The van der Waals surface area contributed by atoms with Gasteiger partial charge in [-0.3, -0.25) is 4.90 Å². The van der Waals surface area contributed by atoms with Crippen molar-refractivity contribution in [2.24, 2.45) is 0 Å². The predicted molar refractivity (Wildman–Crippen MR) is 160 cm³/mol. The lowest BCUT2D eigenvalue weighted by molar-refractivity contribution is 0.0323. The number of rotatable bonds is 9. The highest BCUT2D eigenvalue weighted by atomic mass is 35.5. The summed E-state index contributed by atoms with van der Waals surface area (Å²) >= 11 is 12.5. The first-order valence-electron chi connectivity index (χ1n) is 13.8. The highest BCUT2D eigenvalue weighted by Gasteiger charge is 2.23. The summed E-state index contributed by atoms with van der Waals surface area (Å²) in [7, 11) is 0. The molecule has 4 heterocycles. The number of morpholine rings is 1. The van der Waals surface area contributed by atoms with Crippen LogP contribution >= 0.6 is 23.2 Å². The van der Waals surface area contributed by atoms with E-state index >= 15 is 0 Å². The fourth-order valence-electron chi connectivity index (χ4n) is 5.07. The number of nitrogen functional groups attached to an aromatic ring is 1. The van der Waals surface area contributed by atoms with Crippen LogP contribution in [0.5, 0.6) is 11.5 Å². The largest absolute Gasteiger partial charge is 0.491 e. The fraction of sp³-hybridized carbons (Fsp3) is 0.448. The Morgan fingerprint density at radius 1 is 1.15 bits per heavy atom. The maximum absolute atomic E-state index is 14.2. The van der Waals surface area contributed by atoms with E-state index in [9.17, 15) is 4.39 Å². The highest BCUT2D eigenvalue weighted by Crippen LogP contribution is 2.39. The van der Waals surface area contributed by atoms with E-state index in [1.165, 1.54) is 12.1 Å². The number of ether oxygens (including phenoxy) is 3. The molecule has 0 saturated carbocycles. The standard InChI is InChI=1S/C29H35Cl2FN6O3/c1-18-15-34-5-6-38(18)26-14-24(40-12-9-37-7-10-39-11-8-37)21(17-35-26)20-13-25(29(33)36-16-20)41-19(2)27-22(30)3-4-23(32)28(27)31/h3-4,13-14,16-19,34H,5-12,15H2,1-2H3,(H2,33,36). The number of nitrogens with zero attached hydrogens (tertiary/aromatic N) is 4. The number of anilines is 2. The van der Waals surface area contributed by atoms with E-state index in [1.54, 1.807) is 25.4 Å². The number of pyridine rings is 2. The molecule has 12 heteroatoms. The van der Waals surface area contributed by atoms with Crippen LogP contribution < -0.4 is 25.4 Å². The molecule has 3 aromatic rings. The topological polar surface area (TPSA) is 98.0 Å². The van der Waals surface area contributed by atoms with Crippen molar-refractivity contribution in [1.82, 2.24) is 20.2 Å². The summed E-state index contributed by atoms with van der Waals surface area (Å²) in [6.07, 6.45) is 2.77. The van der Waals surface area contributed by atoms with Gasteiger partial charge in [0.15, 0.2) is 11.6 Å². The molecule has 2 aliphatic heterocycles. The zero-order valence-corrected chi connectivity index (χ0v) is 24.7. The first-order chi connectivity index (χ1) is 19.8. The molecule has 220 valence electrons. The van der Waals surface area contributed by atoms with Crippen molar-refractivity contribution < 1.29 is 18.6 Å². The van der Waals surface area contributed by atoms with E-state index in [4.69, 9.17) is 48.1 Å². The number of nitrogens with one attached hydrogen (secondary N) is 1. The Hall–Kier alpha value is -2.89. The molecule has 41 heavy (non-hydrogen) atoms. The molecule has 1 aromatic carbocycles. The van der Waals surface area contributed by atoms with Crippen LogP contribution in [0.15, 0.2) is 36.7 Å². The van der Waals surface area contributed by atoms with Crippen molar-refractivity contribution in [3.05, 3.63) is 58.1 Å². The third-order valence-electron chi connectivity index (χ3n) is 7.40. The van der Waals surface area contributed by atoms with Gasteiger partial charge in [0, 0.05) is 85.5 Å². The van der Waals surface area contributed by atoms with Crippen LogP contribution in [-0.2, 0) is 4.74 Å². The molecule has 0 spiro atoms. The molecule has 2 atom stereocenters. The number of piperazine rings is 1. The van der Waals surface area contributed by atoms with Gasteiger partial charge < -0.3 is 30.2 Å². The number of halogens is 3. The second kappa shape index (κ2) is 13.4. The van der Waals surface area contributed by atoms with Gasteiger partial charge in [0.25, 0.3) is 0 Å². The lowest BCUT2D eigenvalue weighted by Gasteiger charge is -2.35. The quantitative estimate of drug-likeness (QED) is 0.333. The molecule has 2 saturated heterocycles. The van der Waals surface area contributed by atoms with Crippen LogP contribution in [0, 0.1) is 5.82 Å². The maximum atomic E-state index is 14.2. The van der Waals surface area contributed by atoms with Gasteiger partial charge in [0.05, 0.1) is 18.2 Å². The molecular formula is C29H35Cl2FN6O3. The van der Waals surface area contributed by atoms with Gasteiger partial charge in [-0.05, 0) is 32.0 Å². The zero-order chi connectivity index (χ0) is 28.9. The molecule has 0 amide bonds. The molecule has 0 radical (unpaired) electrons. The third kappa shape index (κ3) is 6.95. The van der Waals surface area contributed by atoms with Gasteiger partial charge in [-0.1, -0.05) is 23.2 Å². The number of hydrogen-bond donors (Lipinski definition) is 2. The SMILES string of the molecule is CC(Oc1cc(-c2cnc(N3CCNCC3C)cc2OCCN2CCOCC2)cnc1N)c1c(Cl)ccc(F)c1Cl. The Bertz CT molecular complexity index is 1360. The summed E-state index contributed by atoms with van der Waals surface area (Å²) in [6, 6.07) is 6.73. The van der Waals surface area contributed by atoms with E-state index in [0.717, 1.165) is 63.9 Å².